The lowest BCUT2D eigenvalue weighted by Gasteiger charge is -2.02. The van der Waals surface area contributed by atoms with E-state index in [1.165, 1.54) is 17.3 Å². The number of aromatic nitrogens is 5. The van der Waals surface area contributed by atoms with Crippen molar-refractivity contribution in [3.63, 3.8) is 0 Å². The molecule has 0 aliphatic carbocycles. The predicted molar refractivity (Wildman–Crippen MR) is 46.5 cm³/mol. The van der Waals surface area contributed by atoms with Gasteiger partial charge in [0, 0.05) is 7.05 Å². The Morgan fingerprint density at radius 3 is 3.00 bits per heavy atom. The van der Waals surface area contributed by atoms with E-state index < -0.39 is 5.82 Å². The minimum Gasteiger partial charge on any atom is -0.357 e. The molecule has 0 bridgehead atoms. The van der Waals surface area contributed by atoms with Gasteiger partial charge in [-0.15, -0.1) is 0 Å². The van der Waals surface area contributed by atoms with Gasteiger partial charge in [0.2, 0.25) is 5.95 Å². The number of hydrogen-bond acceptors (Lipinski definition) is 5. The molecular weight excluding hydrogens is 187 g/mol. The van der Waals surface area contributed by atoms with Crippen LogP contribution in [0.3, 0.4) is 0 Å². The topological polar surface area (TPSA) is 68.5 Å². The smallest absolute Gasteiger partial charge is 0.224 e. The first-order valence-corrected chi connectivity index (χ1v) is 3.86. The molecule has 0 fully saturated rings. The molecule has 0 unspecified atom stereocenters. The monoisotopic (exact) mass is 194 g/mol. The average Bonchev–Trinajstić information content (AvgIpc) is 2.71. The van der Waals surface area contributed by atoms with E-state index in [1.807, 2.05) is 0 Å². The molecule has 0 aromatic carbocycles. The van der Waals surface area contributed by atoms with Crippen molar-refractivity contribution in [2.24, 2.45) is 0 Å². The van der Waals surface area contributed by atoms with E-state index in [-0.39, 0.29) is 5.82 Å². The number of hydrogen-bond donors (Lipinski definition) is 1. The summed E-state index contributed by atoms with van der Waals surface area (Å²) in [6.07, 6.45) is 3.75. The quantitative estimate of drug-likeness (QED) is 0.741. The average molecular weight is 194 g/mol. The number of nitrogens with one attached hydrogen (secondary N) is 1. The highest BCUT2D eigenvalue weighted by Crippen LogP contribution is 2.09. The van der Waals surface area contributed by atoms with Crippen molar-refractivity contribution in [1.82, 2.24) is 24.7 Å². The molecule has 6 nitrogen and oxygen atoms in total. The third-order valence-electron chi connectivity index (χ3n) is 1.58. The van der Waals surface area contributed by atoms with Crippen LogP contribution >= 0.6 is 0 Å². The zero-order chi connectivity index (χ0) is 9.97. The lowest BCUT2D eigenvalue weighted by Crippen LogP contribution is -2.06. The molecule has 2 aromatic rings. The van der Waals surface area contributed by atoms with Crippen LogP contribution in [0.15, 0.2) is 18.9 Å². The summed E-state index contributed by atoms with van der Waals surface area (Å²) in [6.45, 7) is 0. The van der Waals surface area contributed by atoms with Crippen LogP contribution in [-0.4, -0.2) is 31.8 Å². The summed E-state index contributed by atoms with van der Waals surface area (Å²) < 4.78 is 14.5. The van der Waals surface area contributed by atoms with E-state index in [1.54, 1.807) is 7.05 Å². The highest BCUT2D eigenvalue weighted by molar-refractivity contribution is 5.31. The summed E-state index contributed by atoms with van der Waals surface area (Å²) >= 11 is 0. The van der Waals surface area contributed by atoms with E-state index in [0.717, 1.165) is 6.20 Å². The van der Waals surface area contributed by atoms with Crippen LogP contribution in [0, 0.1) is 5.82 Å². The van der Waals surface area contributed by atoms with E-state index in [4.69, 9.17) is 0 Å². The number of rotatable bonds is 2. The Morgan fingerprint density at radius 2 is 2.36 bits per heavy atom. The third-order valence-corrected chi connectivity index (χ3v) is 1.58. The Bertz CT molecular complexity index is 426. The van der Waals surface area contributed by atoms with Gasteiger partial charge in [-0.1, -0.05) is 0 Å². The fraction of sp³-hybridized carbons (Fsp3) is 0.143. The fourth-order valence-corrected chi connectivity index (χ4v) is 0.957. The summed E-state index contributed by atoms with van der Waals surface area (Å²) in [5.41, 5.74) is 0. The van der Waals surface area contributed by atoms with Crippen molar-refractivity contribution >= 4 is 5.95 Å². The molecule has 14 heavy (non-hydrogen) atoms. The van der Waals surface area contributed by atoms with Crippen LogP contribution < -0.4 is 5.32 Å². The van der Waals surface area contributed by atoms with Crippen molar-refractivity contribution in [2.45, 2.75) is 0 Å². The second-order valence-corrected chi connectivity index (χ2v) is 2.46. The molecule has 7 heteroatoms. The zero-order valence-electron chi connectivity index (χ0n) is 7.35. The SMILES string of the molecule is CNc1ncc(F)c(-n2cncn2)n1. The predicted octanol–water partition coefficient (Wildman–Crippen LogP) is 0.238. The lowest BCUT2D eigenvalue weighted by atomic mass is 10.5. The number of halogens is 1. The van der Waals surface area contributed by atoms with Crippen molar-refractivity contribution in [2.75, 3.05) is 12.4 Å². The molecule has 72 valence electrons. The van der Waals surface area contributed by atoms with Crippen molar-refractivity contribution < 1.29 is 4.39 Å². The maximum absolute atomic E-state index is 13.2. The summed E-state index contributed by atoms with van der Waals surface area (Å²) in [6, 6.07) is 0. The highest BCUT2D eigenvalue weighted by Gasteiger charge is 2.08. The van der Waals surface area contributed by atoms with E-state index in [2.05, 4.69) is 25.4 Å². The third kappa shape index (κ3) is 1.39. The molecule has 0 aliphatic heterocycles. The summed E-state index contributed by atoms with van der Waals surface area (Å²) in [4.78, 5) is 11.3. The molecule has 0 radical (unpaired) electrons. The first-order chi connectivity index (χ1) is 6.81. The summed E-state index contributed by atoms with van der Waals surface area (Å²) in [7, 11) is 1.65. The lowest BCUT2D eigenvalue weighted by molar-refractivity contribution is 0.593. The Hall–Kier alpha value is -2.05. The van der Waals surface area contributed by atoms with Gasteiger partial charge >= 0.3 is 0 Å². The number of anilines is 1. The van der Waals surface area contributed by atoms with Gasteiger partial charge in [0.15, 0.2) is 11.6 Å². The first-order valence-electron chi connectivity index (χ1n) is 3.86. The molecule has 0 amide bonds. The molecule has 0 spiro atoms. The van der Waals surface area contributed by atoms with Crippen molar-refractivity contribution in [3.05, 3.63) is 24.7 Å². The van der Waals surface area contributed by atoms with Crippen LogP contribution in [0.25, 0.3) is 5.82 Å². The zero-order valence-corrected chi connectivity index (χ0v) is 7.35. The maximum Gasteiger partial charge on any atom is 0.224 e. The fourth-order valence-electron chi connectivity index (χ4n) is 0.957. The van der Waals surface area contributed by atoms with Gasteiger partial charge in [0.25, 0.3) is 0 Å². The van der Waals surface area contributed by atoms with Crippen LogP contribution in [0.5, 0.6) is 0 Å². The molecule has 2 aromatic heterocycles. The minimum absolute atomic E-state index is 0.0712. The molecule has 1 N–H and O–H groups in total. The van der Waals surface area contributed by atoms with Crippen LogP contribution in [0.4, 0.5) is 10.3 Å². The van der Waals surface area contributed by atoms with Crippen molar-refractivity contribution in [1.29, 1.82) is 0 Å². The Kier molecular flexibility index (Phi) is 2.05. The Balaban J connectivity index is 2.51. The Labute approximate surface area is 78.8 Å². The van der Waals surface area contributed by atoms with Gasteiger partial charge in [-0.2, -0.15) is 14.8 Å². The minimum atomic E-state index is -0.547. The van der Waals surface area contributed by atoms with Gasteiger partial charge < -0.3 is 5.32 Å². The van der Waals surface area contributed by atoms with Gasteiger partial charge in [-0.25, -0.2) is 14.4 Å². The largest absolute Gasteiger partial charge is 0.357 e. The van der Waals surface area contributed by atoms with Gasteiger partial charge in [-0.05, 0) is 0 Å². The second-order valence-electron chi connectivity index (χ2n) is 2.46. The number of nitrogens with zero attached hydrogens (tertiary/aromatic N) is 5. The molecule has 0 saturated heterocycles. The van der Waals surface area contributed by atoms with Gasteiger partial charge in [-0.3, -0.25) is 0 Å². The summed E-state index contributed by atoms with van der Waals surface area (Å²) in [5, 5.41) is 6.48. The van der Waals surface area contributed by atoms with Crippen molar-refractivity contribution in [3.8, 4) is 5.82 Å². The molecule has 2 rings (SSSR count). The van der Waals surface area contributed by atoms with Gasteiger partial charge in [0.1, 0.15) is 12.7 Å². The molecule has 0 saturated carbocycles. The van der Waals surface area contributed by atoms with Gasteiger partial charge in [0.05, 0.1) is 6.20 Å². The molecule has 0 aliphatic rings. The maximum atomic E-state index is 13.2. The summed E-state index contributed by atoms with van der Waals surface area (Å²) in [5.74, 6) is -0.145. The van der Waals surface area contributed by atoms with Crippen LogP contribution in [-0.2, 0) is 0 Å². The molecular formula is C7H7FN6. The van der Waals surface area contributed by atoms with E-state index in [0.29, 0.717) is 5.95 Å². The molecule has 0 atom stereocenters. The van der Waals surface area contributed by atoms with E-state index >= 15 is 0 Å². The van der Waals surface area contributed by atoms with Crippen LogP contribution in [0.2, 0.25) is 0 Å². The van der Waals surface area contributed by atoms with Crippen LogP contribution in [0.1, 0.15) is 0 Å². The molecule has 2 heterocycles. The normalized spacial score (nSPS) is 10.1. The van der Waals surface area contributed by atoms with E-state index in [9.17, 15) is 4.39 Å². The second kappa shape index (κ2) is 3.36. The standard InChI is InChI=1S/C7H7FN6/c1-9-7-11-2-5(8)6(13-7)14-4-10-3-12-14/h2-4H,1H3,(H,9,11,13). The Morgan fingerprint density at radius 1 is 1.50 bits per heavy atom. The first kappa shape index (κ1) is 8.54. The highest BCUT2D eigenvalue weighted by atomic mass is 19.1.